The van der Waals surface area contributed by atoms with Crippen LogP contribution in [0, 0.1) is 5.92 Å². The summed E-state index contributed by atoms with van der Waals surface area (Å²) in [5.74, 6) is -1.16. The van der Waals surface area contributed by atoms with Gasteiger partial charge >= 0.3 is 12.0 Å². The number of aliphatic carboxylic acids is 1. The van der Waals surface area contributed by atoms with E-state index >= 15 is 0 Å². The Bertz CT molecular complexity index is 345. The molecular weight excluding hydrogens is 236 g/mol. The number of carboxylic acid groups (broad SMARTS) is 1. The molecule has 3 N–H and O–H groups in total. The number of nitrogens with one attached hydrogen (secondary N) is 2. The van der Waals surface area contributed by atoms with Crippen LogP contribution < -0.4 is 10.6 Å². The van der Waals surface area contributed by atoms with Gasteiger partial charge in [-0.1, -0.05) is 13.8 Å². The van der Waals surface area contributed by atoms with E-state index in [4.69, 9.17) is 9.84 Å². The maximum Gasteiger partial charge on any atom is 0.326 e. The molecule has 6 heteroatoms. The van der Waals surface area contributed by atoms with E-state index in [1.807, 2.05) is 0 Å². The fourth-order valence-electron chi connectivity index (χ4n) is 2.65. The molecule has 0 spiro atoms. The van der Waals surface area contributed by atoms with Gasteiger partial charge in [-0.05, 0) is 25.2 Å². The van der Waals surface area contributed by atoms with Crippen molar-refractivity contribution in [2.45, 2.75) is 57.4 Å². The van der Waals surface area contributed by atoms with Crippen LogP contribution in [0.25, 0.3) is 0 Å². The van der Waals surface area contributed by atoms with E-state index in [-0.39, 0.29) is 24.2 Å². The van der Waals surface area contributed by atoms with Crippen molar-refractivity contribution in [3.63, 3.8) is 0 Å². The largest absolute Gasteiger partial charge is 0.480 e. The molecule has 0 aromatic rings. The van der Waals surface area contributed by atoms with Crippen molar-refractivity contribution in [1.29, 1.82) is 0 Å². The van der Waals surface area contributed by atoms with Crippen molar-refractivity contribution in [2.24, 2.45) is 5.92 Å². The van der Waals surface area contributed by atoms with E-state index < -0.39 is 18.0 Å². The van der Waals surface area contributed by atoms with Gasteiger partial charge in [-0.2, -0.15) is 0 Å². The standard InChI is InChI=1S/C12H20N2O4/c1-6(2)10(11(15)16)14-12(17)13-8-5-7-3-4-9(8)18-7/h6-10H,3-5H2,1-2H3,(H,15,16)(H2,13,14,17)/t7?,8?,9?,10-/m0/s1. The number of urea groups is 1. The van der Waals surface area contributed by atoms with Gasteiger partial charge in [0.15, 0.2) is 0 Å². The molecule has 0 radical (unpaired) electrons. The fraction of sp³-hybridized carbons (Fsp3) is 0.833. The molecule has 2 aliphatic rings. The summed E-state index contributed by atoms with van der Waals surface area (Å²) in [7, 11) is 0. The fourth-order valence-corrected chi connectivity index (χ4v) is 2.65. The Hall–Kier alpha value is -1.30. The SMILES string of the molecule is CC(C)[C@H](NC(=O)NC1CC2CCC1O2)C(=O)O. The van der Waals surface area contributed by atoms with Gasteiger partial charge in [-0.25, -0.2) is 9.59 Å². The summed E-state index contributed by atoms with van der Waals surface area (Å²) in [5, 5.41) is 14.3. The molecule has 3 unspecified atom stereocenters. The van der Waals surface area contributed by atoms with E-state index in [2.05, 4.69) is 10.6 Å². The number of carbonyl (C=O) groups excluding carboxylic acids is 1. The first-order valence-electron chi connectivity index (χ1n) is 6.42. The van der Waals surface area contributed by atoms with Crippen LogP contribution in [0.15, 0.2) is 0 Å². The summed E-state index contributed by atoms with van der Waals surface area (Å²) in [6.07, 6.45) is 3.23. The van der Waals surface area contributed by atoms with Crippen molar-refractivity contribution >= 4 is 12.0 Å². The Labute approximate surface area is 106 Å². The quantitative estimate of drug-likeness (QED) is 0.691. The second-order valence-corrected chi connectivity index (χ2v) is 5.39. The average molecular weight is 256 g/mol. The molecule has 0 aromatic carbocycles. The molecule has 4 atom stereocenters. The third-order valence-corrected chi connectivity index (χ3v) is 3.64. The van der Waals surface area contributed by atoms with Crippen LogP contribution in [0.1, 0.15) is 33.1 Å². The monoisotopic (exact) mass is 256 g/mol. The smallest absolute Gasteiger partial charge is 0.326 e. The zero-order valence-electron chi connectivity index (χ0n) is 10.7. The van der Waals surface area contributed by atoms with E-state index in [0.717, 1.165) is 19.3 Å². The lowest BCUT2D eigenvalue weighted by molar-refractivity contribution is -0.140. The number of fused-ring (bicyclic) bond motifs is 2. The molecule has 2 rings (SSSR count). The van der Waals surface area contributed by atoms with E-state index in [0.29, 0.717) is 0 Å². The van der Waals surface area contributed by atoms with Crippen LogP contribution in [-0.4, -0.2) is 41.4 Å². The summed E-state index contributed by atoms with van der Waals surface area (Å²) in [4.78, 5) is 22.7. The van der Waals surface area contributed by atoms with Crippen molar-refractivity contribution < 1.29 is 19.4 Å². The minimum Gasteiger partial charge on any atom is -0.480 e. The van der Waals surface area contributed by atoms with Crippen LogP contribution >= 0.6 is 0 Å². The maximum atomic E-state index is 11.8. The first kappa shape index (κ1) is 13.1. The summed E-state index contributed by atoms with van der Waals surface area (Å²) in [6.45, 7) is 3.53. The lowest BCUT2D eigenvalue weighted by Gasteiger charge is -2.23. The van der Waals surface area contributed by atoms with Crippen molar-refractivity contribution in [1.82, 2.24) is 10.6 Å². The Morgan fingerprint density at radius 2 is 2.06 bits per heavy atom. The number of ether oxygens (including phenoxy) is 1. The number of hydrogen-bond acceptors (Lipinski definition) is 3. The van der Waals surface area contributed by atoms with Crippen LogP contribution in [0.2, 0.25) is 0 Å². The topological polar surface area (TPSA) is 87.7 Å². The molecule has 2 heterocycles. The lowest BCUT2D eigenvalue weighted by Crippen LogP contribution is -2.52. The second-order valence-electron chi connectivity index (χ2n) is 5.39. The van der Waals surface area contributed by atoms with Gasteiger partial charge in [0.25, 0.3) is 0 Å². The van der Waals surface area contributed by atoms with Crippen LogP contribution in [0.5, 0.6) is 0 Å². The van der Waals surface area contributed by atoms with E-state index in [1.165, 1.54) is 0 Å². The molecule has 6 nitrogen and oxygen atoms in total. The Morgan fingerprint density at radius 1 is 1.33 bits per heavy atom. The van der Waals surface area contributed by atoms with Crippen LogP contribution in [0.3, 0.4) is 0 Å². The molecule has 0 saturated carbocycles. The van der Waals surface area contributed by atoms with Crippen LogP contribution in [-0.2, 0) is 9.53 Å². The summed E-state index contributed by atoms with van der Waals surface area (Å²) >= 11 is 0. The first-order valence-corrected chi connectivity index (χ1v) is 6.42. The summed E-state index contributed by atoms with van der Waals surface area (Å²) in [5.41, 5.74) is 0. The highest BCUT2D eigenvalue weighted by molar-refractivity contribution is 5.82. The second kappa shape index (κ2) is 5.14. The molecule has 0 aliphatic carbocycles. The van der Waals surface area contributed by atoms with Gasteiger partial charge in [0.05, 0.1) is 18.2 Å². The Morgan fingerprint density at radius 3 is 2.50 bits per heavy atom. The van der Waals surface area contributed by atoms with Gasteiger partial charge in [-0.3, -0.25) is 0 Å². The lowest BCUT2D eigenvalue weighted by atomic mass is 9.96. The van der Waals surface area contributed by atoms with Gasteiger partial charge in [0.2, 0.25) is 0 Å². The molecule has 102 valence electrons. The Kier molecular flexibility index (Phi) is 3.75. The summed E-state index contributed by atoms with van der Waals surface area (Å²) in [6, 6.07) is -1.26. The molecular formula is C12H20N2O4. The molecule has 2 bridgehead atoms. The molecule has 2 amide bonds. The zero-order chi connectivity index (χ0) is 13.3. The zero-order valence-corrected chi connectivity index (χ0v) is 10.7. The average Bonchev–Trinajstić information content (AvgIpc) is 2.86. The highest BCUT2D eigenvalue weighted by Gasteiger charge is 2.41. The third-order valence-electron chi connectivity index (χ3n) is 3.64. The molecule has 18 heavy (non-hydrogen) atoms. The highest BCUT2D eigenvalue weighted by Crippen LogP contribution is 2.34. The van der Waals surface area contributed by atoms with Crippen molar-refractivity contribution in [2.75, 3.05) is 0 Å². The minimum atomic E-state index is -1.01. The normalized spacial score (nSPS) is 31.4. The van der Waals surface area contributed by atoms with E-state index in [9.17, 15) is 9.59 Å². The number of amides is 2. The molecule has 2 fully saturated rings. The Balaban J connectivity index is 1.83. The minimum absolute atomic E-state index is 0.0188. The molecule has 0 aromatic heterocycles. The van der Waals surface area contributed by atoms with Gasteiger partial charge < -0.3 is 20.5 Å². The maximum absolute atomic E-state index is 11.8. The van der Waals surface area contributed by atoms with Gasteiger partial charge in [-0.15, -0.1) is 0 Å². The first-order chi connectivity index (χ1) is 8.47. The molecule has 2 saturated heterocycles. The third kappa shape index (κ3) is 2.75. The van der Waals surface area contributed by atoms with Gasteiger partial charge in [0.1, 0.15) is 6.04 Å². The predicted octanol–water partition coefficient (Wildman–Crippen LogP) is 0.715. The van der Waals surface area contributed by atoms with E-state index in [1.54, 1.807) is 13.8 Å². The van der Waals surface area contributed by atoms with Crippen LogP contribution in [0.4, 0.5) is 4.79 Å². The van der Waals surface area contributed by atoms with Crippen molar-refractivity contribution in [3.8, 4) is 0 Å². The number of carbonyl (C=O) groups is 2. The number of hydrogen-bond donors (Lipinski definition) is 3. The number of rotatable bonds is 4. The highest BCUT2D eigenvalue weighted by atomic mass is 16.5. The summed E-state index contributed by atoms with van der Waals surface area (Å²) < 4.78 is 5.63. The molecule has 2 aliphatic heterocycles. The number of carboxylic acids is 1. The van der Waals surface area contributed by atoms with Gasteiger partial charge in [0, 0.05) is 0 Å². The predicted molar refractivity (Wildman–Crippen MR) is 64.2 cm³/mol. The van der Waals surface area contributed by atoms with Crippen molar-refractivity contribution in [3.05, 3.63) is 0 Å².